The molecular weight excluding hydrogens is 452 g/mol. The number of rotatable bonds is 8. The minimum atomic E-state index is -0.192. The second-order valence-electron chi connectivity index (χ2n) is 8.40. The van der Waals surface area contributed by atoms with Crippen LogP contribution in [0.2, 0.25) is 5.02 Å². The molecule has 3 aromatic rings. The highest BCUT2D eigenvalue weighted by Gasteiger charge is 2.15. The molecular formula is C26H29ClN4O3. The van der Waals surface area contributed by atoms with Crippen molar-refractivity contribution in [3.8, 4) is 0 Å². The van der Waals surface area contributed by atoms with Crippen LogP contribution in [0.3, 0.4) is 0 Å². The topological polar surface area (TPSA) is 83.6 Å². The average molecular weight is 481 g/mol. The Balaban J connectivity index is 1.27. The van der Waals surface area contributed by atoms with Crippen molar-refractivity contribution in [3.63, 3.8) is 0 Å². The number of ether oxygens (including phenoxy) is 1. The molecule has 2 N–H and O–H groups in total. The molecule has 2 heterocycles. The summed E-state index contributed by atoms with van der Waals surface area (Å²) in [5.74, 6) is 0.619. The maximum Gasteiger partial charge on any atom is 0.224 e. The maximum absolute atomic E-state index is 12.4. The maximum atomic E-state index is 12.4. The standard InChI is InChI=1S/C26H29ClN4O3/c1-18-16-24(31-12-14-34-15-13-31)30-23-7-6-21(17-22(18)23)29-26(33)9-8-25(32)28-11-10-19-2-4-20(27)5-3-19/h2-7,16-17H,8-15H2,1H3,(H,28,32)(H,29,33). The molecule has 1 saturated heterocycles. The zero-order chi connectivity index (χ0) is 23.9. The summed E-state index contributed by atoms with van der Waals surface area (Å²) < 4.78 is 5.43. The second-order valence-corrected chi connectivity index (χ2v) is 8.84. The number of carbonyl (C=O) groups excluding carboxylic acids is 2. The van der Waals surface area contributed by atoms with Gasteiger partial charge in [-0.15, -0.1) is 0 Å². The van der Waals surface area contributed by atoms with Gasteiger partial charge in [-0.25, -0.2) is 4.98 Å². The van der Waals surface area contributed by atoms with Crippen molar-refractivity contribution in [3.05, 3.63) is 64.7 Å². The van der Waals surface area contributed by atoms with Crippen LogP contribution in [0.5, 0.6) is 0 Å². The normalized spacial score (nSPS) is 13.6. The van der Waals surface area contributed by atoms with Crippen LogP contribution in [-0.4, -0.2) is 49.6 Å². The van der Waals surface area contributed by atoms with Crippen molar-refractivity contribution in [2.24, 2.45) is 0 Å². The number of anilines is 2. The lowest BCUT2D eigenvalue weighted by Crippen LogP contribution is -2.36. The summed E-state index contributed by atoms with van der Waals surface area (Å²) in [4.78, 5) is 31.5. The van der Waals surface area contributed by atoms with Crippen LogP contribution >= 0.6 is 11.6 Å². The van der Waals surface area contributed by atoms with Crippen LogP contribution in [0, 0.1) is 6.92 Å². The van der Waals surface area contributed by atoms with Crippen molar-refractivity contribution >= 4 is 45.8 Å². The van der Waals surface area contributed by atoms with E-state index in [0.717, 1.165) is 40.9 Å². The Hall–Kier alpha value is -3.16. The number of fused-ring (bicyclic) bond motifs is 1. The Kier molecular flexibility index (Phi) is 7.98. The molecule has 4 rings (SSSR count). The summed E-state index contributed by atoms with van der Waals surface area (Å²) in [5.41, 5.74) is 3.78. The second kappa shape index (κ2) is 11.3. The van der Waals surface area contributed by atoms with E-state index in [1.165, 1.54) is 0 Å². The molecule has 34 heavy (non-hydrogen) atoms. The van der Waals surface area contributed by atoms with Crippen molar-refractivity contribution < 1.29 is 14.3 Å². The number of nitrogens with zero attached hydrogens (tertiary/aromatic N) is 2. The molecule has 0 saturated carbocycles. The van der Waals surface area contributed by atoms with E-state index < -0.39 is 0 Å². The van der Waals surface area contributed by atoms with Gasteiger partial charge in [-0.3, -0.25) is 9.59 Å². The number of amides is 2. The molecule has 1 fully saturated rings. The first-order valence-electron chi connectivity index (χ1n) is 11.5. The Bertz CT molecular complexity index is 1160. The first-order chi connectivity index (χ1) is 16.5. The molecule has 1 aliphatic heterocycles. The van der Waals surface area contributed by atoms with Crippen LogP contribution in [-0.2, 0) is 20.7 Å². The van der Waals surface area contributed by atoms with E-state index in [4.69, 9.17) is 21.3 Å². The number of hydrogen-bond donors (Lipinski definition) is 2. The fourth-order valence-corrected chi connectivity index (χ4v) is 4.07. The Morgan fingerprint density at radius 1 is 1.03 bits per heavy atom. The average Bonchev–Trinajstić information content (AvgIpc) is 2.85. The number of pyridine rings is 1. The zero-order valence-corrected chi connectivity index (χ0v) is 20.0. The summed E-state index contributed by atoms with van der Waals surface area (Å²) in [5, 5.41) is 7.44. The van der Waals surface area contributed by atoms with Gasteiger partial charge in [0.1, 0.15) is 5.82 Å². The quantitative estimate of drug-likeness (QED) is 0.507. The van der Waals surface area contributed by atoms with E-state index in [0.29, 0.717) is 36.9 Å². The van der Waals surface area contributed by atoms with E-state index in [1.807, 2.05) is 49.4 Å². The number of morpholine rings is 1. The number of aryl methyl sites for hydroxylation is 1. The van der Waals surface area contributed by atoms with Crippen LogP contribution in [0.15, 0.2) is 48.5 Å². The first kappa shape index (κ1) is 24.0. The minimum absolute atomic E-state index is 0.123. The summed E-state index contributed by atoms with van der Waals surface area (Å²) in [6, 6.07) is 15.3. The smallest absolute Gasteiger partial charge is 0.224 e. The van der Waals surface area contributed by atoms with Gasteiger partial charge in [0.25, 0.3) is 0 Å². The molecule has 7 nitrogen and oxygen atoms in total. The lowest BCUT2D eigenvalue weighted by molar-refractivity contribution is -0.124. The van der Waals surface area contributed by atoms with Gasteiger partial charge in [0.05, 0.1) is 18.7 Å². The van der Waals surface area contributed by atoms with Crippen molar-refractivity contribution in [1.29, 1.82) is 0 Å². The Labute approximate surface area is 204 Å². The van der Waals surface area contributed by atoms with Crippen molar-refractivity contribution in [2.45, 2.75) is 26.2 Å². The summed E-state index contributed by atoms with van der Waals surface area (Å²) in [6.07, 6.45) is 0.981. The highest BCUT2D eigenvalue weighted by atomic mass is 35.5. The number of hydrogen-bond acceptors (Lipinski definition) is 5. The van der Waals surface area contributed by atoms with E-state index in [-0.39, 0.29) is 24.7 Å². The van der Waals surface area contributed by atoms with Crippen LogP contribution in [0.25, 0.3) is 10.9 Å². The molecule has 0 bridgehead atoms. The zero-order valence-electron chi connectivity index (χ0n) is 19.3. The predicted molar refractivity (Wildman–Crippen MR) is 136 cm³/mol. The minimum Gasteiger partial charge on any atom is -0.378 e. The van der Waals surface area contributed by atoms with Gasteiger partial charge in [-0.1, -0.05) is 23.7 Å². The predicted octanol–water partition coefficient (Wildman–Crippen LogP) is 4.11. The van der Waals surface area contributed by atoms with Crippen molar-refractivity contribution in [1.82, 2.24) is 10.3 Å². The Morgan fingerprint density at radius 2 is 1.76 bits per heavy atom. The molecule has 0 aliphatic carbocycles. The number of aromatic nitrogens is 1. The number of benzene rings is 2. The summed E-state index contributed by atoms with van der Waals surface area (Å²) in [7, 11) is 0. The summed E-state index contributed by atoms with van der Waals surface area (Å²) in [6.45, 7) is 5.66. The van der Waals surface area contributed by atoms with Gasteiger partial charge in [0.15, 0.2) is 0 Å². The van der Waals surface area contributed by atoms with Gasteiger partial charge in [-0.2, -0.15) is 0 Å². The van der Waals surface area contributed by atoms with Crippen LogP contribution < -0.4 is 15.5 Å². The molecule has 0 unspecified atom stereocenters. The third-order valence-electron chi connectivity index (χ3n) is 5.85. The molecule has 1 aliphatic rings. The summed E-state index contributed by atoms with van der Waals surface area (Å²) >= 11 is 5.88. The molecule has 0 spiro atoms. The van der Waals surface area contributed by atoms with Crippen LogP contribution in [0.1, 0.15) is 24.0 Å². The third kappa shape index (κ3) is 6.46. The fraction of sp³-hybridized carbons (Fsp3) is 0.346. The lowest BCUT2D eigenvalue weighted by Gasteiger charge is -2.28. The highest BCUT2D eigenvalue weighted by molar-refractivity contribution is 6.30. The van der Waals surface area contributed by atoms with E-state index in [9.17, 15) is 9.59 Å². The number of carbonyl (C=O) groups is 2. The highest BCUT2D eigenvalue weighted by Crippen LogP contribution is 2.26. The molecule has 8 heteroatoms. The van der Waals surface area contributed by atoms with E-state index in [1.54, 1.807) is 0 Å². The molecule has 0 radical (unpaired) electrons. The lowest BCUT2D eigenvalue weighted by atomic mass is 10.1. The molecule has 0 atom stereocenters. The number of nitrogens with one attached hydrogen (secondary N) is 2. The van der Waals surface area contributed by atoms with Gasteiger partial charge < -0.3 is 20.3 Å². The van der Waals surface area contributed by atoms with E-state index in [2.05, 4.69) is 21.6 Å². The van der Waals surface area contributed by atoms with Crippen LogP contribution in [0.4, 0.5) is 11.5 Å². The molecule has 1 aromatic heterocycles. The van der Waals surface area contributed by atoms with E-state index >= 15 is 0 Å². The van der Waals surface area contributed by atoms with Gasteiger partial charge in [0.2, 0.25) is 11.8 Å². The monoisotopic (exact) mass is 480 g/mol. The SMILES string of the molecule is Cc1cc(N2CCOCC2)nc2ccc(NC(=O)CCC(=O)NCCc3ccc(Cl)cc3)cc12. The molecule has 178 valence electrons. The number of halogens is 1. The van der Waals surface area contributed by atoms with Crippen molar-refractivity contribution in [2.75, 3.05) is 43.1 Å². The third-order valence-corrected chi connectivity index (χ3v) is 6.10. The first-order valence-corrected chi connectivity index (χ1v) is 11.9. The Morgan fingerprint density at radius 3 is 2.53 bits per heavy atom. The van der Waals surface area contributed by atoms with Gasteiger partial charge in [-0.05, 0) is 60.9 Å². The molecule has 2 aromatic carbocycles. The largest absolute Gasteiger partial charge is 0.378 e. The molecule has 2 amide bonds. The van der Waals surface area contributed by atoms with Gasteiger partial charge >= 0.3 is 0 Å². The fourth-order valence-electron chi connectivity index (χ4n) is 3.94. The van der Waals surface area contributed by atoms with Gasteiger partial charge in [0, 0.05) is 48.6 Å².